The highest BCUT2D eigenvalue weighted by atomic mass is 79.9. The van der Waals surface area contributed by atoms with E-state index in [2.05, 4.69) is 20.9 Å². The fourth-order valence-electron chi connectivity index (χ4n) is 1.90. The quantitative estimate of drug-likeness (QED) is 0.847. The third kappa shape index (κ3) is 2.63. The molecule has 0 aliphatic rings. The van der Waals surface area contributed by atoms with Gasteiger partial charge in [-0.25, -0.2) is 9.18 Å². The van der Waals surface area contributed by atoms with E-state index in [1.54, 1.807) is 13.8 Å². The van der Waals surface area contributed by atoms with Crippen LogP contribution in [0.3, 0.4) is 0 Å². The number of benzene rings is 1. The molecule has 0 atom stereocenters. The van der Waals surface area contributed by atoms with Gasteiger partial charge in [0.15, 0.2) is 0 Å². The maximum Gasteiger partial charge on any atom is 0.348 e. The number of halogens is 2. The average molecular weight is 336 g/mol. The van der Waals surface area contributed by atoms with E-state index in [9.17, 15) is 9.18 Å². The van der Waals surface area contributed by atoms with Crippen molar-refractivity contribution in [2.24, 2.45) is 0 Å². The van der Waals surface area contributed by atoms with Gasteiger partial charge in [-0.2, -0.15) is 10.2 Å². The second-order valence-corrected chi connectivity index (χ2v) is 5.18. The average Bonchev–Trinajstić information content (AvgIpc) is 2.43. The molecule has 0 N–H and O–H groups in total. The van der Waals surface area contributed by atoms with Gasteiger partial charge in [0, 0.05) is 11.3 Å². The molecule has 2 aromatic rings. The molecule has 0 radical (unpaired) electrons. The topological polar surface area (TPSA) is 58.7 Å². The normalized spacial score (nSPS) is 10.3. The van der Waals surface area contributed by atoms with Crippen molar-refractivity contribution in [1.29, 1.82) is 5.26 Å². The van der Waals surface area contributed by atoms with Gasteiger partial charge >= 0.3 is 5.69 Å². The van der Waals surface area contributed by atoms with Crippen LogP contribution in [0.5, 0.6) is 0 Å². The van der Waals surface area contributed by atoms with Gasteiger partial charge in [0.2, 0.25) is 0 Å². The molecule has 0 aliphatic carbocycles. The van der Waals surface area contributed by atoms with Gasteiger partial charge in [0.25, 0.3) is 0 Å². The lowest BCUT2D eigenvalue weighted by molar-refractivity contribution is 0.587. The van der Waals surface area contributed by atoms with Crippen LogP contribution in [0, 0.1) is 31.0 Å². The van der Waals surface area contributed by atoms with Crippen LogP contribution in [0.15, 0.2) is 27.5 Å². The summed E-state index contributed by atoms with van der Waals surface area (Å²) in [5.74, 6) is -0.452. The minimum atomic E-state index is -0.452. The lowest BCUT2D eigenvalue weighted by Gasteiger charge is -2.12. The number of aromatic nitrogens is 2. The third-order valence-corrected chi connectivity index (χ3v) is 4.19. The van der Waals surface area contributed by atoms with E-state index in [1.807, 2.05) is 6.07 Å². The minimum absolute atomic E-state index is 0.0396. The summed E-state index contributed by atoms with van der Waals surface area (Å²) >= 11 is 3.36. The van der Waals surface area contributed by atoms with E-state index < -0.39 is 11.5 Å². The molecule has 0 aliphatic heterocycles. The lowest BCUT2D eigenvalue weighted by atomic mass is 10.1. The van der Waals surface area contributed by atoms with Crippen molar-refractivity contribution in [1.82, 2.24) is 9.55 Å². The van der Waals surface area contributed by atoms with E-state index in [0.717, 1.165) is 0 Å². The second kappa shape index (κ2) is 5.55. The first-order chi connectivity index (χ1) is 9.43. The summed E-state index contributed by atoms with van der Waals surface area (Å²) in [4.78, 5) is 15.8. The molecule has 1 aromatic heterocycles. The molecule has 20 heavy (non-hydrogen) atoms. The van der Waals surface area contributed by atoms with Crippen LogP contribution in [0.4, 0.5) is 4.39 Å². The van der Waals surface area contributed by atoms with Crippen LogP contribution in [-0.4, -0.2) is 9.55 Å². The Labute approximate surface area is 123 Å². The maximum absolute atomic E-state index is 13.8. The third-order valence-electron chi connectivity index (χ3n) is 3.04. The van der Waals surface area contributed by atoms with E-state index >= 15 is 0 Å². The van der Waals surface area contributed by atoms with Gasteiger partial charge in [-0.05, 0) is 48.0 Å². The Kier molecular flexibility index (Phi) is 4.00. The molecular weight excluding hydrogens is 325 g/mol. The minimum Gasteiger partial charge on any atom is -0.291 e. The van der Waals surface area contributed by atoms with Crippen molar-refractivity contribution < 1.29 is 4.39 Å². The maximum atomic E-state index is 13.8. The molecule has 1 heterocycles. The van der Waals surface area contributed by atoms with E-state index in [4.69, 9.17) is 5.26 Å². The Hall–Kier alpha value is -2.00. The molecule has 4 nitrogen and oxygen atoms in total. The van der Waals surface area contributed by atoms with E-state index in [-0.39, 0.29) is 12.1 Å². The number of hydrogen-bond acceptors (Lipinski definition) is 3. The Bertz CT molecular complexity index is 777. The number of rotatable bonds is 2. The molecular formula is C14H11BrFN3O. The highest BCUT2D eigenvalue weighted by Crippen LogP contribution is 2.18. The predicted octanol–water partition coefficient (Wildman–Crippen LogP) is 2.68. The SMILES string of the molecule is Cc1nc(=O)n(Cc2cc(C#N)ccc2F)c(C)c1Br. The monoisotopic (exact) mass is 335 g/mol. The molecule has 2 rings (SSSR count). The molecule has 0 unspecified atom stereocenters. The molecule has 0 amide bonds. The Morgan fingerprint density at radius 3 is 2.80 bits per heavy atom. The highest BCUT2D eigenvalue weighted by Gasteiger charge is 2.12. The van der Waals surface area contributed by atoms with Crippen LogP contribution in [-0.2, 0) is 6.54 Å². The molecule has 0 spiro atoms. The van der Waals surface area contributed by atoms with Gasteiger partial charge in [0.05, 0.1) is 28.3 Å². The van der Waals surface area contributed by atoms with Crippen molar-refractivity contribution in [2.75, 3.05) is 0 Å². The molecule has 0 bridgehead atoms. The standard InChI is InChI=1S/C14H11BrFN3O/c1-8-13(15)9(2)19(14(20)18-8)7-11-5-10(6-17)3-4-12(11)16/h3-5H,7H2,1-2H3. The zero-order valence-electron chi connectivity index (χ0n) is 10.9. The first kappa shape index (κ1) is 14.4. The molecule has 0 saturated heterocycles. The summed E-state index contributed by atoms with van der Waals surface area (Å²) < 4.78 is 15.9. The molecule has 1 aromatic carbocycles. The number of nitriles is 1. The highest BCUT2D eigenvalue weighted by molar-refractivity contribution is 9.10. The van der Waals surface area contributed by atoms with Crippen LogP contribution < -0.4 is 5.69 Å². The van der Waals surface area contributed by atoms with Crippen LogP contribution in [0.2, 0.25) is 0 Å². The summed E-state index contributed by atoms with van der Waals surface area (Å²) in [6, 6.07) is 6.02. The van der Waals surface area contributed by atoms with Gasteiger partial charge < -0.3 is 0 Å². The molecule has 102 valence electrons. The van der Waals surface area contributed by atoms with Crippen LogP contribution in [0.25, 0.3) is 0 Å². The molecule has 0 fully saturated rings. The zero-order chi connectivity index (χ0) is 14.9. The smallest absolute Gasteiger partial charge is 0.291 e. The zero-order valence-corrected chi connectivity index (χ0v) is 12.5. The van der Waals surface area contributed by atoms with Gasteiger partial charge in [-0.15, -0.1) is 0 Å². The Morgan fingerprint density at radius 2 is 2.15 bits per heavy atom. The van der Waals surface area contributed by atoms with Gasteiger partial charge in [-0.1, -0.05) is 0 Å². The predicted molar refractivity (Wildman–Crippen MR) is 75.9 cm³/mol. The summed E-state index contributed by atoms with van der Waals surface area (Å²) in [6.45, 7) is 3.52. The Balaban J connectivity index is 2.54. The van der Waals surface area contributed by atoms with Crippen LogP contribution >= 0.6 is 15.9 Å². The van der Waals surface area contributed by atoms with Crippen molar-refractivity contribution in [3.63, 3.8) is 0 Å². The lowest BCUT2D eigenvalue weighted by Crippen LogP contribution is -2.27. The number of hydrogen-bond donors (Lipinski definition) is 0. The van der Waals surface area contributed by atoms with Gasteiger partial charge in [-0.3, -0.25) is 4.57 Å². The van der Waals surface area contributed by atoms with Crippen molar-refractivity contribution >= 4 is 15.9 Å². The second-order valence-electron chi connectivity index (χ2n) is 4.38. The van der Waals surface area contributed by atoms with Crippen molar-refractivity contribution in [3.8, 4) is 6.07 Å². The largest absolute Gasteiger partial charge is 0.348 e. The first-order valence-electron chi connectivity index (χ1n) is 5.86. The fraction of sp³-hybridized carbons (Fsp3) is 0.214. The first-order valence-corrected chi connectivity index (χ1v) is 6.65. The van der Waals surface area contributed by atoms with Crippen LogP contribution in [0.1, 0.15) is 22.5 Å². The van der Waals surface area contributed by atoms with Gasteiger partial charge in [0.1, 0.15) is 5.82 Å². The fourth-order valence-corrected chi connectivity index (χ4v) is 2.20. The van der Waals surface area contributed by atoms with Crippen molar-refractivity contribution in [2.45, 2.75) is 20.4 Å². The number of nitrogens with zero attached hydrogens (tertiary/aromatic N) is 3. The summed E-state index contributed by atoms with van der Waals surface area (Å²) in [5, 5.41) is 8.85. The van der Waals surface area contributed by atoms with E-state index in [1.165, 1.54) is 22.8 Å². The number of aryl methyl sites for hydroxylation is 1. The van der Waals surface area contributed by atoms with Crippen molar-refractivity contribution in [3.05, 3.63) is 61.5 Å². The molecule has 6 heteroatoms. The van der Waals surface area contributed by atoms with E-state index in [0.29, 0.717) is 21.4 Å². The summed E-state index contributed by atoms with van der Waals surface area (Å²) in [5.41, 5.74) is 1.46. The summed E-state index contributed by atoms with van der Waals surface area (Å²) in [6.07, 6.45) is 0. The molecule has 0 saturated carbocycles. The Morgan fingerprint density at radius 1 is 1.45 bits per heavy atom. The summed E-state index contributed by atoms with van der Waals surface area (Å²) in [7, 11) is 0.